The number of benzene rings is 1. The van der Waals surface area contributed by atoms with E-state index in [-0.39, 0.29) is 36.8 Å². The normalized spacial score (nSPS) is 12.9. The number of ether oxygens (including phenoxy) is 4. The molecule has 0 radical (unpaired) electrons. The molecule has 1 rings (SSSR count). The third-order valence-corrected chi connectivity index (χ3v) is 5.71. The Morgan fingerprint density at radius 3 is 1.92 bits per heavy atom. The molecule has 0 aromatic heterocycles. The number of unbranched alkanes of at least 4 members (excludes halogenated alkanes) is 2. The molecule has 0 aliphatic rings. The van der Waals surface area contributed by atoms with Crippen molar-refractivity contribution in [2.75, 3.05) is 0 Å². The number of carboxylic acids is 1. The second-order valence-corrected chi connectivity index (χ2v) is 10.1. The zero-order valence-electron chi connectivity index (χ0n) is 23.7. The van der Waals surface area contributed by atoms with Gasteiger partial charge in [0.2, 0.25) is 0 Å². The number of hydrogen-bond acceptors (Lipinski definition) is 9. The van der Waals surface area contributed by atoms with Crippen LogP contribution < -0.4 is 14.8 Å². The van der Waals surface area contributed by atoms with Crippen LogP contribution in [0.1, 0.15) is 99.0 Å². The molecule has 0 saturated heterocycles. The van der Waals surface area contributed by atoms with Gasteiger partial charge in [0, 0.05) is 25.3 Å². The van der Waals surface area contributed by atoms with Crippen LogP contribution in [0.25, 0.3) is 0 Å². The summed E-state index contributed by atoms with van der Waals surface area (Å²) in [6, 6.07) is 3.98. The van der Waals surface area contributed by atoms with Crippen LogP contribution in [0.3, 0.4) is 0 Å². The summed E-state index contributed by atoms with van der Waals surface area (Å²) in [6.07, 6.45) is 2.26. The molecule has 0 bridgehead atoms. The molecule has 2 N–H and O–H groups in total. The molecule has 38 heavy (non-hydrogen) atoms. The van der Waals surface area contributed by atoms with Gasteiger partial charge in [-0.25, -0.2) is 9.59 Å². The molecule has 0 aliphatic carbocycles. The van der Waals surface area contributed by atoms with E-state index in [0.717, 1.165) is 12.8 Å². The molecule has 1 aromatic carbocycles. The Hall–Kier alpha value is -3.14. The third kappa shape index (κ3) is 11.1. The van der Waals surface area contributed by atoms with E-state index in [0.29, 0.717) is 24.8 Å². The molecular weight excluding hydrogens is 494 g/mol. The highest BCUT2D eigenvalue weighted by atomic mass is 16.8. The lowest BCUT2D eigenvalue weighted by atomic mass is 10.0. The van der Waals surface area contributed by atoms with Crippen molar-refractivity contribution < 1.29 is 43.2 Å². The van der Waals surface area contributed by atoms with E-state index in [1.807, 2.05) is 20.8 Å². The predicted molar refractivity (Wildman–Crippen MR) is 141 cm³/mol. The minimum absolute atomic E-state index is 0.0213. The lowest BCUT2D eigenvalue weighted by Gasteiger charge is -2.33. The molecule has 10 nitrogen and oxygen atoms in total. The van der Waals surface area contributed by atoms with E-state index < -0.39 is 35.4 Å². The van der Waals surface area contributed by atoms with Crippen molar-refractivity contribution in [2.45, 2.75) is 117 Å². The summed E-state index contributed by atoms with van der Waals surface area (Å²) in [5.41, 5.74) is -2.69. The average molecular weight is 538 g/mol. The van der Waals surface area contributed by atoms with Gasteiger partial charge in [-0.3, -0.25) is 14.9 Å². The fraction of sp³-hybridized carbons (Fsp3) is 0.643. The molecule has 1 atom stereocenters. The number of rotatable bonds is 16. The van der Waals surface area contributed by atoms with Gasteiger partial charge in [-0.1, -0.05) is 39.7 Å². The van der Waals surface area contributed by atoms with Crippen LogP contribution in [0.5, 0.6) is 11.5 Å². The summed E-state index contributed by atoms with van der Waals surface area (Å²) < 4.78 is 21.7. The highest BCUT2D eigenvalue weighted by Crippen LogP contribution is 2.32. The SMILES string of the molecule is CCCCC(=O)Oc1ccc(C[C@](NC(C)C)(OC(=O)OC(C)(C)CC)C(=O)O)cc1OC(=O)CCCC. The number of carboxylic acid groups (broad SMARTS) is 1. The smallest absolute Gasteiger partial charge is 0.477 e. The summed E-state index contributed by atoms with van der Waals surface area (Å²) in [4.78, 5) is 49.7. The second-order valence-electron chi connectivity index (χ2n) is 10.1. The minimum Gasteiger partial charge on any atom is -0.477 e. The highest BCUT2D eigenvalue weighted by Gasteiger charge is 2.45. The molecular formula is C28H43NO9. The van der Waals surface area contributed by atoms with Gasteiger partial charge in [-0.2, -0.15) is 0 Å². The maximum Gasteiger partial charge on any atom is 0.511 e. The van der Waals surface area contributed by atoms with Gasteiger partial charge in [0.25, 0.3) is 5.72 Å². The molecule has 0 aliphatic heterocycles. The van der Waals surface area contributed by atoms with Crippen LogP contribution in [0.2, 0.25) is 0 Å². The number of esters is 2. The second kappa shape index (κ2) is 15.3. The molecule has 0 fully saturated rings. The van der Waals surface area contributed by atoms with Crippen LogP contribution in [-0.2, 0) is 30.3 Å². The van der Waals surface area contributed by atoms with E-state index in [1.165, 1.54) is 18.2 Å². The molecule has 0 spiro atoms. The van der Waals surface area contributed by atoms with Crippen LogP contribution in [0, 0.1) is 0 Å². The Kier molecular flexibility index (Phi) is 13.3. The summed E-state index contributed by atoms with van der Waals surface area (Å²) in [6.45, 7) is 12.5. The maximum atomic E-state index is 12.6. The van der Waals surface area contributed by atoms with Crippen molar-refractivity contribution >= 4 is 24.1 Å². The van der Waals surface area contributed by atoms with Crippen LogP contribution in [0.4, 0.5) is 4.79 Å². The topological polar surface area (TPSA) is 137 Å². The minimum atomic E-state index is -2.18. The zero-order valence-corrected chi connectivity index (χ0v) is 23.7. The number of nitrogens with one attached hydrogen (secondary N) is 1. The van der Waals surface area contributed by atoms with E-state index in [2.05, 4.69) is 5.32 Å². The van der Waals surface area contributed by atoms with Gasteiger partial charge >= 0.3 is 24.1 Å². The Labute approximate surface area is 225 Å². The van der Waals surface area contributed by atoms with Crippen LogP contribution in [-0.4, -0.2) is 46.5 Å². The summed E-state index contributed by atoms with van der Waals surface area (Å²) >= 11 is 0. The fourth-order valence-electron chi connectivity index (χ4n) is 3.33. The molecule has 0 saturated carbocycles. The monoisotopic (exact) mass is 537 g/mol. The van der Waals surface area contributed by atoms with E-state index >= 15 is 0 Å². The quantitative estimate of drug-likeness (QED) is 0.157. The van der Waals surface area contributed by atoms with E-state index in [9.17, 15) is 24.3 Å². The van der Waals surface area contributed by atoms with Gasteiger partial charge < -0.3 is 24.1 Å². The average Bonchev–Trinajstić information content (AvgIpc) is 2.82. The number of carbonyl (C=O) groups is 4. The molecule has 10 heteroatoms. The first kappa shape index (κ1) is 32.9. The zero-order chi connectivity index (χ0) is 28.9. The standard InChI is InChI=1S/C28H43NO9/c1-8-11-13-23(30)35-21-16-15-20(17-22(21)36-24(31)14-12-9-2)18-28(25(32)33,29-19(4)5)38-26(34)37-27(6,7)10-3/h15-17,19,29H,8-14,18H2,1-7H3,(H,32,33)/t28-/m0/s1. The molecule has 0 heterocycles. The molecule has 1 aromatic rings. The first-order valence-electron chi connectivity index (χ1n) is 13.2. The Morgan fingerprint density at radius 1 is 0.895 bits per heavy atom. The van der Waals surface area contributed by atoms with Crippen molar-refractivity contribution in [1.29, 1.82) is 0 Å². The Bertz CT molecular complexity index is 958. The van der Waals surface area contributed by atoms with Gasteiger partial charge in [0.1, 0.15) is 5.60 Å². The summed E-state index contributed by atoms with van der Waals surface area (Å²) in [5, 5.41) is 13.0. The number of hydrogen-bond donors (Lipinski definition) is 2. The maximum absolute atomic E-state index is 12.6. The first-order valence-corrected chi connectivity index (χ1v) is 13.2. The first-order chi connectivity index (χ1) is 17.8. The van der Waals surface area contributed by atoms with Gasteiger partial charge in [-0.15, -0.1) is 0 Å². The Balaban J connectivity index is 3.39. The van der Waals surface area contributed by atoms with Crippen LogP contribution >= 0.6 is 0 Å². The lowest BCUT2D eigenvalue weighted by Crippen LogP contribution is -2.59. The molecule has 0 amide bonds. The predicted octanol–water partition coefficient (Wildman–Crippen LogP) is 5.54. The summed E-state index contributed by atoms with van der Waals surface area (Å²) in [7, 11) is 0. The van der Waals surface area contributed by atoms with E-state index in [4.69, 9.17) is 18.9 Å². The van der Waals surface area contributed by atoms with Crippen LogP contribution in [0.15, 0.2) is 18.2 Å². The largest absolute Gasteiger partial charge is 0.511 e. The van der Waals surface area contributed by atoms with Crippen molar-refractivity contribution in [2.24, 2.45) is 0 Å². The number of carbonyl (C=O) groups excluding carboxylic acids is 3. The fourth-order valence-corrected chi connectivity index (χ4v) is 3.33. The Morgan fingerprint density at radius 2 is 1.45 bits per heavy atom. The van der Waals surface area contributed by atoms with Crippen molar-refractivity contribution in [3.8, 4) is 11.5 Å². The van der Waals surface area contributed by atoms with Gasteiger partial charge in [-0.05, 0) is 64.7 Å². The summed E-state index contributed by atoms with van der Waals surface area (Å²) in [5.74, 6) is -2.40. The van der Waals surface area contributed by atoms with Crippen molar-refractivity contribution in [3.05, 3.63) is 23.8 Å². The van der Waals surface area contributed by atoms with Gasteiger partial charge in [0.05, 0.1) is 0 Å². The van der Waals surface area contributed by atoms with Crippen molar-refractivity contribution in [1.82, 2.24) is 5.32 Å². The van der Waals surface area contributed by atoms with Crippen molar-refractivity contribution in [3.63, 3.8) is 0 Å². The molecule has 0 unspecified atom stereocenters. The van der Waals surface area contributed by atoms with E-state index in [1.54, 1.807) is 27.7 Å². The lowest BCUT2D eigenvalue weighted by molar-refractivity contribution is -0.169. The number of aliphatic carboxylic acids is 1. The van der Waals surface area contributed by atoms with Gasteiger partial charge in [0.15, 0.2) is 11.5 Å². The third-order valence-electron chi connectivity index (χ3n) is 5.71. The highest BCUT2D eigenvalue weighted by molar-refractivity contribution is 5.81. The molecule has 214 valence electrons.